The Morgan fingerprint density at radius 2 is 1.93 bits per heavy atom. The molecule has 0 saturated carbocycles. The van der Waals surface area contributed by atoms with Crippen molar-refractivity contribution >= 4 is 59.2 Å². The number of nitrogens with one attached hydrogen (secondary N) is 1. The number of aliphatic hydroxyl groups is 1. The Hall–Kier alpha value is -2.48. The predicted molar refractivity (Wildman–Crippen MR) is 167 cm³/mol. The number of nitrogens with two attached hydrogens (primary N) is 1. The van der Waals surface area contributed by atoms with Crippen LogP contribution in [0.3, 0.4) is 0 Å². The first-order valence-electron chi connectivity index (χ1n) is 14.2. The van der Waals surface area contributed by atoms with E-state index in [9.17, 15) is 5.11 Å². The Kier molecular flexibility index (Phi) is 9.91. The molecule has 0 amide bonds. The van der Waals surface area contributed by atoms with E-state index < -0.39 is 0 Å². The molecule has 3 aromatic rings. The first-order chi connectivity index (χ1) is 20.0. The molecule has 3 atom stereocenters. The summed E-state index contributed by atoms with van der Waals surface area (Å²) < 4.78 is 5.85. The van der Waals surface area contributed by atoms with Gasteiger partial charge in [-0.05, 0) is 51.2 Å². The minimum atomic E-state index is 0. The quantitative estimate of drug-likeness (QED) is 0.341. The minimum absolute atomic E-state index is 0. The van der Waals surface area contributed by atoms with Gasteiger partial charge in [-0.15, -0.1) is 12.4 Å². The molecule has 3 aliphatic heterocycles. The summed E-state index contributed by atoms with van der Waals surface area (Å²) in [6, 6.07) is 3.75. The number of piperidine rings is 2. The highest BCUT2D eigenvalue weighted by Gasteiger charge is 2.47. The summed E-state index contributed by atoms with van der Waals surface area (Å²) in [7, 11) is 0. The van der Waals surface area contributed by atoms with Crippen LogP contribution in [0.5, 0.6) is 0 Å². The van der Waals surface area contributed by atoms with Gasteiger partial charge < -0.3 is 30.7 Å². The lowest BCUT2D eigenvalue weighted by Crippen LogP contribution is -2.50. The molecule has 3 fully saturated rings. The Balaban J connectivity index is 0.00000353. The molecule has 226 valence electrons. The number of pyridine rings is 1. The second-order valence-corrected chi connectivity index (χ2v) is 12.5. The van der Waals surface area contributed by atoms with Crippen LogP contribution >= 0.6 is 35.8 Å². The zero-order chi connectivity index (χ0) is 28.4. The van der Waals surface area contributed by atoms with Gasteiger partial charge in [-0.1, -0.05) is 23.4 Å². The number of nitrogens with zero attached hydrogens (tertiary/aromatic N) is 7. The van der Waals surface area contributed by atoms with E-state index in [4.69, 9.17) is 27.1 Å². The van der Waals surface area contributed by atoms with E-state index in [1.54, 1.807) is 24.7 Å². The number of aromatic nitrogens is 5. The van der Waals surface area contributed by atoms with Crippen LogP contribution in [0.2, 0.25) is 5.02 Å². The summed E-state index contributed by atoms with van der Waals surface area (Å²) in [5, 5.41) is 14.2. The largest absolute Gasteiger partial charge is 0.394 e. The van der Waals surface area contributed by atoms with E-state index in [2.05, 4.69) is 42.0 Å². The predicted octanol–water partition coefficient (Wildman–Crippen LogP) is 4.32. The zero-order valence-electron chi connectivity index (χ0n) is 23.5. The third-order valence-electron chi connectivity index (χ3n) is 8.60. The molecule has 0 bridgehead atoms. The minimum Gasteiger partial charge on any atom is -0.394 e. The van der Waals surface area contributed by atoms with Gasteiger partial charge in [-0.2, -0.15) is 4.98 Å². The molecule has 0 unspecified atom stereocenters. The fraction of sp³-hybridized carbons (Fsp3) is 0.536. The number of hydrogen-bond acceptors (Lipinski definition) is 12. The third-order valence-corrected chi connectivity index (χ3v) is 10.1. The topological polar surface area (TPSA) is 138 Å². The fourth-order valence-electron chi connectivity index (χ4n) is 6.02. The number of ether oxygens (including phenoxy) is 1. The summed E-state index contributed by atoms with van der Waals surface area (Å²) in [6.45, 7) is 5.49. The molecule has 0 aliphatic carbocycles. The molecule has 6 heterocycles. The van der Waals surface area contributed by atoms with E-state index in [1.807, 2.05) is 12.3 Å². The highest BCUT2D eigenvalue weighted by Crippen LogP contribution is 2.42. The second kappa shape index (κ2) is 13.4. The van der Waals surface area contributed by atoms with Crippen LogP contribution in [0.1, 0.15) is 39.0 Å². The Labute approximate surface area is 261 Å². The average molecular weight is 635 g/mol. The maximum absolute atomic E-state index is 9.79. The van der Waals surface area contributed by atoms with Crippen molar-refractivity contribution in [2.45, 2.75) is 67.1 Å². The van der Waals surface area contributed by atoms with E-state index >= 15 is 0 Å². The summed E-state index contributed by atoms with van der Waals surface area (Å²) in [6.07, 6.45) is 12.2. The van der Waals surface area contributed by atoms with Crippen LogP contribution in [-0.4, -0.2) is 81.1 Å². The van der Waals surface area contributed by atoms with Gasteiger partial charge in [0.25, 0.3) is 0 Å². The van der Waals surface area contributed by atoms with Crippen LogP contribution in [0.25, 0.3) is 0 Å². The average Bonchev–Trinajstić information content (AvgIpc) is 3.28. The lowest BCUT2D eigenvalue weighted by atomic mass is 9.73. The Bertz CT molecular complexity index is 1350. The van der Waals surface area contributed by atoms with Crippen molar-refractivity contribution in [3.05, 3.63) is 41.9 Å². The highest BCUT2D eigenvalue weighted by atomic mass is 35.5. The van der Waals surface area contributed by atoms with Crippen molar-refractivity contribution in [1.82, 2.24) is 24.9 Å². The van der Waals surface area contributed by atoms with E-state index in [1.165, 1.54) is 11.8 Å². The molecule has 0 aromatic carbocycles. The molecule has 3 aromatic heterocycles. The number of halogens is 2. The van der Waals surface area contributed by atoms with Crippen molar-refractivity contribution in [2.75, 3.05) is 48.0 Å². The molecular formula is C28H37Cl2N9O2S. The lowest BCUT2D eigenvalue weighted by molar-refractivity contribution is 0.0974. The van der Waals surface area contributed by atoms with Crippen LogP contribution in [0.4, 0.5) is 23.4 Å². The third kappa shape index (κ3) is 6.39. The number of rotatable bonds is 7. The summed E-state index contributed by atoms with van der Waals surface area (Å²) in [4.78, 5) is 28.1. The SMILES string of the molecule is C[C@@H]1OCC2(CCN(c3cnc(Sc4ccnc(Nc5ccnc(N6CCCC[C@@H]6CO)n5)c4Cl)cn3)CC2)[C@@H]1N.Cl. The van der Waals surface area contributed by atoms with Crippen molar-refractivity contribution in [3.63, 3.8) is 0 Å². The molecule has 42 heavy (non-hydrogen) atoms. The van der Waals surface area contributed by atoms with Gasteiger partial charge in [0.15, 0.2) is 5.82 Å². The van der Waals surface area contributed by atoms with Gasteiger partial charge >= 0.3 is 0 Å². The first kappa shape index (κ1) is 31.0. The van der Waals surface area contributed by atoms with Gasteiger partial charge in [0, 0.05) is 48.4 Å². The molecule has 14 heteroatoms. The fourth-order valence-corrected chi connectivity index (χ4v) is 7.04. The number of hydrogen-bond donors (Lipinski definition) is 3. The van der Waals surface area contributed by atoms with Crippen LogP contribution < -0.4 is 20.9 Å². The Morgan fingerprint density at radius 3 is 2.64 bits per heavy atom. The summed E-state index contributed by atoms with van der Waals surface area (Å²) in [5.74, 6) is 2.53. The molecule has 1 spiro atoms. The molecule has 4 N–H and O–H groups in total. The molecule has 0 radical (unpaired) electrons. The summed E-state index contributed by atoms with van der Waals surface area (Å²) >= 11 is 8.20. The van der Waals surface area contributed by atoms with Crippen molar-refractivity contribution in [1.29, 1.82) is 0 Å². The van der Waals surface area contributed by atoms with Gasteiger partial charge in [0.1, 0.15) is 16.7 Å². The standard InChI is InChI=1S/C28H36ClN9O2S.ClH/c1-18-25(30)28(17-40-18)7-12-37(13-8-28)22-14-34-23(15-33-22)41-20-5-9-31-26(24(20)29)35-21-6-10-32-27(36-21)38-11-3-2-4-19(38)16-39;/h5-6,9-10,14-15,18-19,25,39H,2-4,7-8,11-13,16-17,30H2,1H3,(H,31,32,35,36);1H/t18-,19+,25+;/m0./s1. The first-order valence-corrected chi connectivity index (χ1v) is 15.4. The van der Waals surface area contributed by atoms with Gasteiger partial charge in [-0.25, -0.2) is 19.9 Å². The van der Waals surface area contributed by atoms with E-state index in [0.717, 1.165) is 74.1 Å². The summed E-state index contributed by atoms with van der Waals surface area (Å²) in [5.41, 5.74) is 6.54. The number of anilines is 4. The Morgan fingerprint density at radius 1 is 1.12 bits per heavy atom. The highest BCUT2D eigenvalue weighted by molar-refractivity contribution is 7.99. The van der Waals surface area contributed by atoms with Crippen molar-refractivity contribution < 1.29 is 9.84 Å². The molecule has 3 saturated heterocycles. The van der Waals surface area contributed by atoms with Gasteiger partial charge in [-0.3, -0.25) is 0 Å². The van der Waals surface area contributed by atoms with Crippen LogP contribution in [-0.2, 0) is 4.74 Å². The lowest BCUT2D eigenvalue weighted by Gasteiger charge is -2.41. The van der Waals surface area contributed by atoms with E-state index in [0.29, 0.717) is 22.6 Å². The normalized spacial score (nSPS) is 23.6. The van der Waals surface area contributed by atoms with Crippen molar-refractivity contribution in [3.8, 4) is 0 Å². The molecular weight excluding hydrogens is 597 g/mol. The molecule has 11 nitrogen and oxygen atoms in total. The number of aliphatic hydroxyl groups excluding tert-OH is 1. The van der Waals surface area contributed by atoms with Crippen molar-refractivity contribution in [2.24, 2.45) is 11.1 Å². The monoisotopic (exact) mass is 633 g/mol. The molecule has 3 aliphatic rings. The van der Waals surface area contributed by atoms with Gasteiger partial charge in [0.05, 0.1) is 42.8 Å². The van der Waals surface area contributed by atoms with Gasteiger partial charge in [0.2, 0.25) is 5.95 Å². The van der Waals surface area contributed by atoms with Crippen LogP contribution in [0, 0.1) is 5.41 Å². The maximum Gasteiger partial charge on any atom is 0.227 e. The maximum atomic E-state index is 9.79. The smallest absolute Gasteiger partial charge is 0.227 e. The molecule has 6 rings (SSSR count). The van der Waals surface area contributed by atoms with Crippen LogP contribution in [0.15, 0.2) is 46.8 Å². The van der Waals surface area contributed by atoms with E-state index in [-0.39, 0.29) is 42.6 Å². The second-order valence-electron chi connectivity index (χ2n) is 11.1. The zero-order valence-corrected chi connectivity index (χ0v) is 25.9.